The van der Waals surface area contributed by atoms with Gasteiger partial charge >= 0.3 is 5.97 Å². The number of hydrogen-bond donors (Lipinski definition) is 0. The van der Waals surface area contributed by atoms with Crippen molar-refractivity contribution in [2.45, 2.75) is 59.4 Å². The Hall–Kier alpha value is -3.74. The lowest BCUT2D eigenvalue weighted by atomic mass is 9.82. The van der Waals surface area contributed by atoms with Gasteiger partial charge in [-0.2, -0.15) is 0 Å². The molecule has 0 spiro atoms. The van der Waals surface area contributed by atoms with Gasteiger partial charge in [0.1, 0.15) is 5.56 Å². The summed E-state index contributed by atoms with van der Waals surface area (Å²) in [6, 6.07) is 13.5. The maximum Gasteiger partial charge on any atom is 0.343 e. The third kappa shape index (κ3) is 6.34. The Kier molecular flexibility index (Phi) is 8.54. The monoisotopic (exact) mass is 500 g/mol. The van der Waals surface area contributed by atoms with E-state index in [0.717, 1.165) is 42.6 Å². The number of pyridine rings is 1. The van der Waals surface area contributed by atoms with E-state index in [2.05, 4.69) is 11.9 Å². The highest BCUT2D eigenvalue weighted by atomic mass is 16.5. The molecule has 0 N–H and O–H groups in total. The molecule has 0 atom stereocenters. The van der Waals surface area contributed by atoms with Crippen molar-refractivity contribution in [3.63, 3.8) is 0 Å². The Balaban J connectivity index is 1.64. The van der Waals surface area contributed by atoms with E-state index >= 15 is 0 Å². The average Bonchev–Trinajstić information content (AvgIpc) is 3.33. The number of rotatable bonds is 8. The van der Waals surface area contributed by atoms with E-state index in [-0.39, 0.29) is 24.5 Å². The van der Waals surface area contributed by atoms with Gasteiger partial charge in [0.25, 0.3) is 0 Å². The van der Waals surface area contributed by atoms with Crippen LogP contribution < -0.4 is 4.90 Å². The molecule has 0 bridgehead atoms. The lowest BCUT2D eigenvalue weighted by Crippen LogP contribution is -2.43. The summed E-state index contributed by atoms with van der Waals surface area (Å²) in [6.07, 6.45) is 11.2. The molecule has 0 saturated heterocycles. The minimum Gasteiger partial charge on any atom is -0.462 e. The molecule has 194 valence electrons. The van der Waals surface area contributed by atoms with Crippen molar-refractivity contribution in [2.24, 2.45) is 11.8 Å². The fourth-order valence-electron chi connectivity index (χ4n) is 4.73. The van der Waals surface area contributed by atoms with Crippen LogP contribution in [0.5, 0.6) is 0 Å². The van der Waals surface area contributed by atoms with Crippen LogP contribution in [0.4, 0.5) is 5.82 Å². The van der Waals surface area contributed by atoms with Crippen molar-refractivity contribution in [1.82, 2.24) is 14.8 Å². The van der Waals surface area contributed by atoms with Crippen molar-refractivity contribution >= 4 is 29.8 Å². The van der Waals surface area contributed by atoms with Gasteiger partial charge in [-0.1, -0.05) is 31.2 Å². The molecule has 7 nitrogen and oxygen atoms in total. The average molecular weight is 501 g/mol. The molecule has 1 aromatic carbocycles. The quantitative estimate of drug-likeness (QED) is 0.345. The summed E-state index contributed by atoms with van der Waals surface area (Å²) in [7, 11) is 0. The Labute approximate surface area is 219 Å². The number of hydrogen-bond acceptors (Lipinski definition) is 5. The zero-order chi connectivity index (χ0) is 26.4. The highest BCUT2D eigenvalue weighted by Crippen LogP contribution is 2.33. The van der Waals surface area contributed by atoms with Gasteiger partial charge in [-0.25, -0.2) is 9.48 Å². The lowest BCUT2D eigenvalue weighted by Gasteiger charge is -2.32. The van der Waals surface area contributed by atoms with Crippen LogP contribution in [-0.2, 0) is 9.53 Å². The van der Waals surface area contributed by atoms with Crippen LogP contribution in [0.3, 0.4) is 0 Å². The van der Waals surface area contributed by atoms with Gasteiger partial charge < -0.3 is 4.74 Å². The van der Waals surface area contributed by atoms with Crippen LogP contribution in [0.2, 0.25) is 0 Å². The first-order valence-electron chi connectivity index (χ1n) is 13.2. The number of amides is 1. The molecule has 2 heterocycles. The summed E-state index contributed by atoms with van der Waals surface area (Å²) in [5, 5.41) is 4.75. The molecule has 0 unspecified atom stereocenters. The van der Waals surface area contributed by atoms with Gasteiger partial charge in [0.05, 0.1) is 18.0 Å². The Morgan fingerprint density at radius 3 is 2.43 bits per heavy atom. The Morgan fingerprint density at radius 2 is 1.81 bits per heavy atom. The fraction of sp³-hybridized carbons (Fsp3) is 0.400. The van der Waals surface area contributed by atoms with Crippen molar-refractivity contribution in [2.75, 3.05) is 11.5 Å². The summed E-state index contributed by atoms with van der Waals surface area (Å²) in [6.45, 7) is 8.17. The normalized spacial score (nSPS) is 17.8. The number of ether oxygens (including phenoxy) is 1. The topological polar surface area (TPSA) is 77.3 Å². The second-order valence-corrected chi connectivity index (χ2v) is 9.97. The number of carbonyl (C=O) groups is 2. The second-order valence-electron chi connectivity index (χ2n) is 9.97. The molecular formula is C30H36N4O3. The fourth-order valence-corrected chi connectivity index (χ4v) is 4.73. The smallest absolute Gasteiger partial charge is 0.343 e. The van der Waals surface area contributed by atoms with Gasteiger partial charge in [-0.05, 0) is 88.3 Å². The minimum absolute atomic E-state index is 0.0349. The summed E-state index contributed by atoms with van der Waals surface area (Å²) in [5.74, 6) is 0.509. The van der Waals surface area contributed by atoms with E-state index < -0.39 is 5.97 Å². The molecular weight excluding hydrogens is 464 g/mol. The molecule has 4 rings (SSSR count). The first-order valence-corrected chi connectivity index (χ1v) is 13.2. The summed E-state index contributed by atoms with van der Waals surface area (Å²) >= 11 is 0. The zero-order valence-electron chi connectivity index (χ0n) is 22.1. The number of esters is 1. The van der Waals surface area contributed by atoms with Crippen LogP contribution >= 0.6 is 0 Å². The Bertz CT molecular complexity index is 1220. The number of carbonyl (C=O) groups excluding carboxylic acids is 2. The van der Waals surface area contributed by atoms with Crippen LogP contribution in [0.15, 0.2) is 54.9 Å². The van der Waals surface area contributed by atoms with Crippen molar-refractivity contribution < 1.29 is 14.3 Å². The molecule has 0 radical (unpaired) electrons. The maximum atomic E-state index is 13.7. The van der Waals surface area contributed by atoms with Gasteiger partial charge in [-0.3, -0.25) is 14.7 Å². The van der Waals surface area contributed by atoms with Gasteiger partial charge in [-0.15, -0.1) is 5.10 Å². The molecule has 7 heteroatoms. The van der Waals surface area contributed by atoms with Crippen molar-refractivity contribution in [1.29, 1.82) is 0 Å². The second kappa shape index (κ2) is 12.0. The van der Waals surface area contributed by atoms with Gasteiger partial charge in [0, 0.05) is 24.4 Å². The highest BCUT2D eigenvalue weighted by molar-refractivity contribution is 6.02. The van der Waals surface area contributed by atoms with E-state index in [9.17, 15) is 9.59 Å². The SMILES string of the molecule is CCOC(=O)c1cn(-c2ccc(C=Cc3ccccn3)cc2)nc1N(C(=O)C1CCC(C)CC1)C(C)C. The predicted octanol–water partition coefficient (Wildman–Crippen LogP) is 6.18. The molecule has 3 aromatic rings. The third-order valence-electron chi connectivity index (χ3n) is 6.83. The number of aromatic nitrogens is 3. The molecule has 1 amide bonds. The zero-order valence-corrected chi connectivity index (χ0v) is 22.1. The first-order chi connectivity index (χ1) is 17.9. The molecule has 1 saturated carbocycles. The maximum absolute atomic E-state index is 13.7. The number of nitrogens with zero attached hydrogens (tertiary/aromatic N) is 4. The molecule has 37 heavy (non-hydrogen) atoms. The molecule has 0 aliphatic heterocycles. The van der Waals surface area contributed by atoms with E-state index in [1.165, 1.54) is 0 Å². The van der Waals surface area contributed by atoms with Gasteiger partial charge in [0.2, 0.25) is 5.91 Å². The summed E-state index contributed by atoms with van der Waals surface area (Å²) in [4.78, 5) is 32.6. The van der Waals surface area contributed by atoms with Crippen LogP contribution in [0.25, 0.3) is 17.8 Å². The van der Waals surface area contributed by atoms with E-state index in [1.54, 1.807) is 28.9 Å². The van der Waals surface area contributed by atoms with Crippen molar-refractivity contribution in [3.8, 4) is 5.69 Å². The molecule has 1 fully saturated rings. The van der Waals surface area contributed by atoms with E-state index in [1.807, 2.05) is 68.5 Å². The van der Waals surface area contributed by atoms with Gasteiger partial charge in [0.15, 0.2) is 5.82 Å². The number of anilines is 1. The largest absolute Gasteiger partial charge is 0.462 e. The molecule has 1 aliphatic carbocycles. The van der Waals surface area contributed by atoms with Crippen molar-refractivity contribution in [3.05, 3.63) is 71.7 Å². The Morgan fingerprint density at radius 1 is 1.08 bits per heavy atom. The summed E-state index contributed by atoms with van der Waals surface area (Å²) < 4.78 is 6.99. The highest BCUT2D eigenvalue weighted by Gasteiger charge is 2.34. The number of benzene rings is 1. The lowest BCUT2D eigenvalue weighted by molar-refractivity contribution is -0.124. The minimum atomic E-state index is -0.477. The summed E-state index contributed by atoms with van der Waals surface area (Å²) in [5.41, 5.74) is 2.98. The predicted molar refractivity (Wildman–Crippen MR) is 146 cm³/mol. The van der Waals surface area contributed by atoms with Crippen LogP contribution in [0.1, 0.15) is 75.0 Å². The first kappa shape index (κ1) is 26.3. The standard InChI is InChI=1S/C30H36N4O3/c1-5-37-30(36)27-20-33(26-17-12-23(13-18-26)11-16-25-8-6-7-19-31-25)32-28(27)34(21(2)3)29(35)24-14-9-22(4)10-15-24/h6-8,11-13,16-22,24H,5,9-10,14-15H2,1-4H3. The van der Waals surface area contributed by atoms with Crippen LogP contribution in [-0.4, -0.2) is 39.3 Å². The molecule has 2 aromatic heterocycles. The third-order valence-corrected chi connectivity index (χ3v) is 6.83. The van der Waals surface area contributed by atoms with Crippen LogP contribution in [0, 0.1) is 11.8 Å². The molecule has 1 aliphatic rings. The van der Waals surface area contributed by atoms with E-state index in [4.69, 9.17) is 9.84 Å². The van der Waals surface area contributed by atoms with E-state index in [0.29, 0.717) is 17.3 Å².